The Kier molecular flexibility index (Phi) is 4.36. The second-order valence-electron chi connectivity index (χ2n) is 3.57. The zero-order valence-corrected chi connectivity index (χ0v) is 11.2. The second kappa shape index (κ2) is 6.20. The maximum atomic E-state index is 11.1. The summed E-state index contributed by atoms with van der Waals surface area (Å²) in [4.78, 5) is 19.4. The van der Waals surface area contributed by atoms with Gasteiger partial charge in [-0.2, -0.15) is 4.98 Å². The molecule has 0 aliphatic heterocycles. The Morgan fingerprint density at radius 1 is 1.55 bits per heavy atom. The van der Waals surface area contributed by atoms with E-state index in [-0.39, 0.29) is 30.2 Å². The molecule has 2 rings (SSSR count). The van der Waals surface area contributed by atoms with E-state index >= 15 is 0 Å². The van der Waals surface area contributed by atoms with Crippen LogP contribution in [-0.4, -0.2) is 44.3 Å². The molecule has 20 heavy (non-hydrogen) atoms. The van der Waals surface area contributed by atoms with E-state index in [1.165, 1.54) is 12.3 Å². The molecule has 0 radical (unpaired) electrons. The number of rotatable bonds is 5. The topological polar surface area (TPSA) is 99.4 Å². The second-order valence-corrected chi connectivity index (χ2v) is 3.96. The van der Waals surface area contributed by atoms with Crippen LogP contribution in [0, 0.1) is 0 Å². The first-order valence-electron chi connectivity index (χ1n) is 5.66. The Morgan fingerprint density at radius 3 is 3.05 bits per heavy atom. The molecule has 0 atom stereocenters. The molecule has 0 aliphatic carbocycles. The van der Waals surface area contributed by atoms with Crippen molar-refractivity contribution in [3.05, 3.63) is 23.5 Å². The van der Waals surface area contributed by atoms with E-state index in [0.717, 1.165) is 0 Å². The van der Waals surface area contributed by atoms with Crippen molar-refractivity contribution in [3.63, 3.8) is 0 Å². The molecule has 0 aromatic carbocycles. The van der Waals surface area contributed by atoms with Crippen LogP contribution in [0.5, 0.6) is 6.01 Å². The molecule has 0 spiro atoms. The minimum absolute atomic E-state index is 0.119. The molecule has 0 amide bonds. The third kappa shape index (κ3) is 3.35. The van der Waals surface area contributed by atoms with Gasteiger partial charge >= 0.3 is 12.0 Å². The summed E-state index contributed by atoms with van der Waals surface area (Å²) in [6.07, 6.45) is 1.46. The highest BCUT2D eigenvalue weighted by molar-refractivity contribution is 6.29. The van der Waals surface area contributed by atoms with Crippen molar-refractivity contribution >= 4 is 17.6 Å². The number of esters is 1. The van der Waals surface area contributed by atoms with Gasteiger partial charge in [0.2, 0.25) is 5.82 Å². The minimum Gasteiger partial charge on any atom is -0.463 e. The largest absolute Gasteiger partial charge is 0.463 e. The fraction of sp³-hybridized carbons (Fsp3) is 0.273. The van der Waals surface area contributed by atoms with Gasteiger partial charge in [0.05, 0.1) is 6.61 Å². The zero-order valence-electron chi connectivity index (χ0n) is 10.5. The number of hydrogen-bond donors (Lipinski definition) is 1. The monoisotopic (exact) mass is 298 g/mol. The average molecular weight is 299 g/mol. The van der Waals surface area contributed by atoms with Gasteiger partial charge in [-0.1, -0.05) is 21.5 Å². The molecule has 106 valence electrons. The fourth-order valence-corrected chi connectivity index (χ4v) is 1.57. The van der Waals surface area contributed by atoms with Crippen molar-refractivity contribution in [3.8, 4) is 17.4 Å². The maximum Gasteiger partial charge on any atom is 0.344 e. The summed E-state index contributed by atoms with van der Waals surface area (Å²) in [7, 11) is 0. The van der Waals surface area contributed by atoms with Crippen LogP contribution in [0.1, 0.15) is 6.92 Å². The smallest absolute Gasteiger partial charge is 0.344 e. The first-order chi connectivity index (χ1) is 9.60. The summed E-state index contributed by atoms with van der Waals surface area (Å²) >= 11 is 5.75. The van der Waals surface area contributed by atoms with Crippen LogP contribution < -0.4 is 4.74 Å². The van der Waals surface area contributed by atoms with Crippen molar-refractivity contribution in [2.45, 2.75) is 6.92 Å². The van der Waals surface area contributed by atoms with Crippen LogP contribution in [0.15, 0.2) is 18.3 Å². The van der Waals surface area contributed by atoms with Gasteiger partial charge < -0.3 is 14.7 Å². The van der Waals surface area contributed by atoms with Crippen molar-refractivity contribution in [1.82, 2.24) is 19.9 Å². The van der Waals surface area contributed by atoms with Crippen LogP contribution >= 0.6 is 11.6 Å². The molecule has 0 bridgehead atoms. The van der Waals surface area contributed by atoms with Crippen LogP contribution in [0.4, 0.5) is 0 Å². The lowest BCUT2D eigenvalue weighted by Gasteiger charge is -2.00. The molecule has 1 N–H and O–H groups in total. The van der Waals surface area contributed by atoms with E-state index in [9.17, 15) is 10.0 Å². The van der Waals surface area contributed by atoms with Crippen LogP contribution in [0.2, 0.25) is 5.15 Å². The predicted molar refractivity (Wildman–Crippen MR) is 67.6 cm³/mol. The number of ether oxygens (including phenoxy) is 2. The van der Waals surface area contributed by atoms with Gasteiger partial charge in [-0.05, 0) is 19.1 Å². The highest BCUT2D eigenvalue weighted by atomic mass is 35.5. The Balaban J connectivity index is 2.12. The Morgan fingerprint density at radius 2 is 2.35 bits per heavy atom. The highest BCUT2D eigenvalue weighted by Gasteiger charge is 2.14. The fourth-order valence-electron chi connectivity index (χ4n) is 1.39. The predicted octanol–water partition coefficient (Wildman–Crippen LogP) is 1.17. The van der Waals surface area contributed by atoms with E-state index in [0.29, 0.717) is 10.4 Å². The van der Waals surface area contributed by atoms with Gasteiger partial charge in [0, 0.05) is 11.8 Å². The Bertz CT molecular complexity index is 616. The normalized spacial score (nSPS) is 10.3. The van der Waals surface area contributed by atoms with Gasteiger partial charge in [-0.15, -0.1) is 0 Å². The molecule has 2 heterocycles. The molecule has 0 fully saturated rings. The lowest BCUT2D eigenvalue weighted by atomic mass is 10.2. The van der Waals surface area contributed by atoms with Gasteiger partial charge in [-0.25, -0.2) is 9.78 Å². The molecule has 0 unspecified atom stereocenters. The van der Waals surface area contributed by atoms with Crippen LogP contribution in [-0.2, 0) is 9.53 Å². The van der Waals surface area contributed by atoms with Gasteiger partial charge in [-0.3, -0.25) is 0 Å². The third-order valence-electron chi connectivity index (χ3n) is 2.18. The quantitative estimate of drug-likeness (QED) is 0.502. The summed E-state index contributed by atoms with van der Waals surface area (Å²) in [6.45, 7) is 1.60. The Hall–Kier alpha value is -2.35. The number of aromatic nitrogens is 4. The zero-order chi connectivity index (χ0) is 14.5. The number of nitrogens with zero attached hydrogens (tertiary/aromatic N) is 4. The standard InChI is InChI=1S/C11H11ClN4O4/c1-2-19-9(17)6-20-11-14-10(16(18)15-11)7-3-4-13-8(12)5-7/h3-5,18H,2,6H2,1H3. The van der Waals surface area contributed by atoms with Gasteiger partial charge in [0.1, 0.15) is 5.15 Å². The molecule has 0 saturated carbocycles. The summed E-state index contributed by atoms with van der Waals surface area (Å²) in [6, 6.07) is 2.95. The van der Waals surface area contributed by atoms with E-state index in [4.69, 9.17) is 16.3 Å². The van der Waals surface area contributed by atoms with Gasteiger partial charge in [0.15, 0.2) is 6.61 Å². The van der Waals surface area contributed by atoms with Crippen molar-refractivity contribution in [1.29, 1.82) is 0 Å². The Labute approximate surface area is 118 Å². The number of hydrogen-bond acceptors (Lipinski definition) is 7. The minimum atomic E-state index is -0.546. The highest BCUT2D eigenvalue weighted by Crippen LogP contribution is 2.20. The lowest BCUT2D eigenvalue weighted by molar-refractivity contribution is -0.145. The number of carbonyl (C=O) groups excluding carboxylic acids is 1. The van der Waals surface area contributed by atoms with Crippen molar-refractivity contribution in [2.75, 3.05) is 13.2 Å². The van der Waals surface area contributed by atoms with Crippen LogP contribution in [0.25, 0.3) is 11.4 Å². The van der Waals surface area contributed by atoms with E-state index in [2.05, 4.69) is 19.8 Å². The number of halogens is 1. The molecular weight excluding hydrogens is 288 g/mol. The van der Waals surface area contributed by atoms with E-state index in [1.807, 2.05) is 0 Å². The maximum absolute atomic E-state index is 11.1. The summed E-state index contributed by atoms with van der Waals surface area (Å²) in [5.41, 5.74) is 0.506. The molecule has 2 aromatic heterocycles. The SMILES string of the molecule is CCOC(=O)COc1nc(-c2ccnc(Cl)c2)n(O)n1. The van der Waals surface area contributed by atoms with Crippen molar-refractivity contribution in [2.24, 2.45) is 0 Å². The van der Waals surface area contributed by atoms with Gasteiger partial charge in [0.25, 0.3) is 0 Å². The molecule has 0 saturated heterocycles. The van der Waals surface area contributed by atoms with E-state index < -0.39 is 5.97 Å². The average Bonchev–Trinajstić information content (AvgIpc) is 2.78. The summed E-state index contributed by atoms with van der Waals surface area (Å²) in [5, 5.41) is 13.5. The number of pyridine rings is 1. The molecule has 2 aromatic rings. The molecule has 9 heteroatoms. The lowest BCUT2D eigenvalue weighted by Crippen LogP contribution is -2.15. The summed E-state index contributed by atoms with van der Waals surface area (Å²) < 4.78 is 9.69. The molecular formula is C11H11ClN4O4. The van der Waals surface area contributed by atoms with Crippen molar-refractivity contribution < 1.29 is 19.5 Å². The summed E-state index contributed by atoms with van der Waals surface area (Å²) in [5.74, 6) is -0.427. The van der Waals surface area contributed by atoms with Crippen LogP contribution in [0.3, 0.4) is 0 Å². The first kappa shape index (κ1) is 14.1. The third-order valence-corrected chi connectivity index (χ3v) is 2.39. The molecule has 8 nitrogen and oxygen atoms in total. The number of carbonyl (C=O) groups is 1. The molecule has 0 aliphatic rings. The van der Waals surface area contributed by atoms with E-state index in [1.54, 1.807) is 13.0 Å². The first-order valence-corrected chi connectivity index (χ1v) is 6.04.